The molecule has 20 heavy (non-hydrogen) atoms. The fourth-order valence-corrected chi connectivity index (χ4v) is 1.07. The molecule has 0 heterocycles. The molecule has 0 radical (unpaired) electrons. The minimum atomic E-state index is -0.189. The molecule has 0 aromatic heterocycles. The second-order valence-corrected chi connectivity index (χ2v) is 3.43. The van der Waals surface area contributed by atoms with Crippen LogP contribution >= 0.6 is 0 Å². The molecule has 0 rings (SSSR count). The molecule has 0 fully saturated rings. The maximum atomic E-state index is 10.9. The molecule has 0 N–H and O–H groups in total. The Morgan fingerprint density at radius 1 is 1.05 bits per heavy atom. The van der Waals surface area contributed by atoms with Gasteiger partial charge in [0, 0.05) is 0 Å². The number of hydrogen-bond donors (Lipinski definition) is 0. The lowest BCUT2D eigenvalue weighted by molar-refractivity contribution is -0.139. The first-order chi connectivity index (χ1) is 9.52. The molecule has 0 atom stereocenters. The van der Waals surface area contributed by atoms with E-state index in [1.165, 1.54) is 18.3 Å². The molecule has 0 bridgehead atoms. The zero-order valence-corrected chi connectivity index (χ0v) is 15.2. The first-order valence-corrected chi connectivity index (χ1v) is 7.43. The van der Waals surface area contributed by atoms with Gasteiger partial charge < -0.3 is 4.74 Å². The molecule has 0 saturated carbocycles. The van der Waals surface area contributed by atoms with Gasteiger partial charge in [-0.2, -0.15) is 0 Å². The van der Waals surface area contributed by atoms with Crippen molar-refractivity contribution in [2.45, 2.75) is 68.2 Å². The number of hydrogen-bond acceptors (Lipinski definition) is 2. The second-order valence-electron chi connectivity index (χ2n) is 3.43. The summed E-state index contributed by atoms with van der Waals surface area (Å²) in [4.78, 5) is 10.9. The maximum Gasteiger partial charge on any atom is 0.309 e. The fourth-order valence-electron chi connectivity index (χ4n) is 1.07. The van der Waals surface area contributed by atoms with Crippen LogP contribution in [0.3, 0.4) is 0 Å². The number of carbonyl (C=O) groups excluding carboxylic acids is 1. The smallest absolute Gasteiger partial charge is 0.309 e. The van der Waals surface area contributed by atoms with E-state index in [0.717, 1.165) is 12.0 Å². The number of esters is 1. The molecular weight excluding hydrogens is 248 g/mol. The van der Waals surface area contributed by atoms with Crippen molar-refractivity contribution >= 4 is 5.97 Å². The molecule has 0 amide bonds. The van der Waals surface area contributed by atoms with Crippen molar-refractivity contribution in [1.29, 1.82) is 0 Å². The van der Waals surface area contributed by atoms with Crippen LogP contribution in [0.1, 0.15) is 68.2 Å². The van der Waals surface area contributed by atoms with Crippen LogP contribution in [0.5, 0.6) is 0 Å². The van der Waals surface area contributed by atoms with E-state index in [9.17, 15) is 4.79 Å². The van der Waals surface area contributed by atoms with Gasteiger partial charge in [0.2, 0.25) is 0 Å². The summed E-state index contributed by atoms with van der Waals surface area (Å²) in [5, 5.41) is 0. The predicted molar refractivity (Wildman–Crippen MR) is 93.0 cm³/mol. The maximum absolute atomic E-state index is 10.9. The molecule has 0 unspecified atom stereocenters. The van der Waals surface area contributed by atoms with Gasteiger partial charge in [-0.25, -0.2) is 0 Å². The summed E-state index contributed by atoms with van der Waals surface area (Å²) < 4.78 is 4.57. The van der Waals surface area contributed by atoms with E-state index in [4.69, 9.17) is 0 Å². The molecule has 0 aliphatic carbocycles. The fraction of sp³-hybridized carbons (Fsp3) is 0.611. The van der Waals surface area contributed by atoms with Gasteiger partial charge in [0.25, 0.3) is 0 Å². The molecule has 0 spiro atoms. The van der Waals surface area contributed by atoms with Gasteiger partial charge in [-0.1, -0.05) is 51.8 Å². The standard InChI is InChI=1S/C12H20O2.2C2H6.C2H4/c1-6-9(2)11(4)10(3)7-8-12(13)14-5;3*1-2/h7H,6,8H2,1-5H3;2*1-2H3;1-2H2/b10-7-,11-9-;;;. The van der Waals surface area contributed by atoms with Crippen LogP contribution in [-0.4, -0.2) is 13.1 Å². The highest BCUT2D eigenvalue weighted by Crippen LogP contribution is 2.16. The van der Waals surface area contributed by atoms with Crippen molar-refractivity contribution in [1.82, 2.24) is 0 Å². The van der Waals surface area contributed by atoms with Gasteiger partial charge in [-0.05, 0) is 32.8 Å². The SMILES string of the molecule is C=C.CC.CC.CC/C(C)=C(C)\C(C)=C/CC(=O)OC. The molecular formula is C18H36O2. The molecule has 0 aromatic rings. The van der Waals surface area contributed by atoms with Crippen LogP contribution in [0.4, 0.5) is 0 Å². The lowest BCUT2D eigenvalue weighted by atomic mass is 10.0. The molecule has 0 aromatic carbocycles. The van der Waals surface area contributed by atoms with Crippen molar-refractivity contribution in [3.63, 3.8) is 0 Å². The summed E-state index contributed by atoms with van der Waals surface area (Å²) in [6, 6.07) is 0. The highest BCUT2D eigenvalue weighted by Gasteiger charge is 2.00. The van der Waals surface area contributed by atoms with Gasteiger partial charge in [0.05, 0.1) is 13.5 Å². The first-order valence-electron chi connectivity index (χ1n) is 7.43. The van der Waals surface area contributed by atoms with Crippen LogP contribution in [0.25, 0.3) is 0 Å². The molecule has 2 nitrogen and oxygen atoms in total. The third-order valence-electron chi connectivity index (χ3n) is 2.56. The topological polar surface area (TPSA) is 26.3 Å². The minimum absolute atomic E-state index is 0.189. The van der Waals surface area contributed by atoms with Crippen LogP contribution in [0, 0.1) is 0 Å². The van der Waals surface area contributed by atoms with Crippen molar-refractivity contribution in [3.8, 4) is 0 Å². The van der Waals surface area contributed by atoms with Crippen LogP contribution in [0.15, 0.2) is 36.0 Å². The average Bonchev–Trinajstić information content (AvgIpc) is 2.56. The van der Waals surface area contributed by atoms with Crippen molar-refractivity contribution in [2.75, 3.05) is 7.11 Å². The zero-order chi connectivity index (χ0) is 17.1. The van der Waals surface area contributed by atoms with E-state index in [0.29, 0.717) is 6.42 Å². The second kappa shape index (κ2) is 22.8. The van der Waals surface area contributed by atoms with E-state index in [1.807, 2.05) is 40.7 Å². The Labute approximate surface area is 127 Å². The Kier molecular flexibility index (Phi) is 30.9. The van der Waals surface area contributed by atoms with Crippen molar-refractivity contribution in [2.24, 2.45) is 0 Å². The predicted octanol–water partition coefficient (Wildman–Crippen LogP) is 6.10. The molecule has 0 aliphatic heterocycles. The van der Waals surface area contributed by atoms with Crippen LogP contribution < -0.4 is 0 Å². The van der Waals surface area contributed by atoms with E-state index >= 15 is 0 Å². The Hall–Kier alpha value is -1.31. The lowest BCUT2D eigenvalue weighted by Crippen LogP contribution is -1.98. The Balaban J connectivity index is -0.000000187. The zero-order valence-electron chi connectivity index (χ0n) is 15.2. The highest BCUT2D eigenvalue weighted by molar-refractivity contribution is 5.71. The number of allylic oxidation sites excluding steroid dienone is 3. The minimum Gasteiger partial charge on any atom is -0.469 e. The Bertz CT molecular complexity index is 273. The molecule has 2 heteroatoms. The van der Waals surface area contributed by atoms with E-state index in [-0.39, 0.29) is 5.97 Å². The Morgan fingerprint density at radius 2 is 1.45 bits per heavy atom. The highest BCUT2D eigenvalue weighted by atomic mass is 16.5. The summed E-state index contributed by atoms with van der Waals surface area (Å²) in [5.41, 5.74) is 3.80. The summed E-state index contributed by atoms with van der Waals surface area (Å²) in [5.74, 6) is -0.189. The van der Waals surface area contributed by atoms with Crippen LogP contribution in [0.2, 0.25) is 0 Å². The van der Waals surface area contributed by atoms with Crippen molar-refractivity contribution < 1.29 is 9.53 Å². The lowest BCUT2D eigenvalue weighted by Gasteiger charge is -2.06. The molecule has 0 aliphatic rings. The van der Waals surface area contributed by atoms with Gasteiger partial charge in [0.15, 0.2) is 0 Å². The monoisotopic (exact) mass is 284 g/mol. The van der Waals surface area contributed by atoms with E-state index in [1.54, 1.807) is 0 Å². The summed E-state index contributed by atoms with van der Waals surface area (Å²) >= 11 is 0. The van der Waals surface area contributed by atoms with E-state index < -0.39 is 0 Å². The summed E-state index contributed by atoms with van der Waals surface area (Å²) in [6.45, 7) is 22.4. The normalized spacial score (nSPS) is 10.3. The van der Waals surface area contributed by atoms with Crippen molar-refractivity contribution in [3.05, 3.63) is 36.0 Å². The van der Waals surface area contributed by atoms with Gasteiger partial charge in [-0.3, -0.25) is 4.79 Å². The quantitative estimate of drug-likeness (QED) is 0.354. The van der Waals surface area contributed by atoms with Crippen LogP contribution in [-0.2, 0) is 9.53 Å². The number of methoxy groups -OCH3 is 1. The third-order valence-corrected chi connectivity index (χ3v) is 2.56. The van der Waals surface area contributed by atoms with Gasteiger partial charge >= 0.3 is 5.97 Å². The van der Waals surface area contributed by atoms with Gasteiger partial charge in [0.1, 0.15) is 0 Å². The third kappa shape index (κ3) is 16.7. The largest absolute Gasteiger partial charge is 0.469 e. The average molecular weight is 284 g/mol. The summed E-state index contributed by atoms with van der Waals surface area (Å²) in [6.07, 6.45) is 3.33. The first kappa shape index (κ1) is 27.1. The molecule has 120 valence electrons. The summed E-state index contributed by atoms with van der Waals surface area (Å²) in [7, 11) is 1.41. The van der Waals surface area contributed by atoms with E-state index in [2.05, 4.69) is 38.7 Å². The Morgan fingerprint density at radius 3 is 1.75 bits per heavy atom. The number of carbonyl (C=O) groups is 1. The molecule has 0 saturated heterocycles. The number of ether oxygens (including phenoxy) is 1. The number of rotatable bonds is 4. The van der Waals surface area contributed by atoms with Gasteiger partial charge in [-0.15, -0.1) is 13.2 Å².